The van der Waals surface area contributed by atoms with Gasteiger partial charge >= 0.3 is 0 Å². The van der Waals surface area contributed by atoms with Gasteiger partial charge in [0.2, 0.25) is 11.0 Å². The number of carbonyl (C=O) groups is 1. The van der Waals surface area contributed by atoms with Crippen LogP contribution in [0.2, 0.25) is 0 Å². The second-order valence-corrected chi connectivity index (χ2v) is 10.8. The van der Waals surface area contributed by atoms with Crippen LogP contribution in [0.1, 0.15) is 18.9 Å². The second-order valence-electron chi connectivity index (χ2n) is 6.39. The molecule has 1 fully saturated rings. The number of hydrogen-bond acceptors (Lipinski definition) is 8. The van der Waals surface area contributed by atoms with Gasteiger partial charge in [-0.2, -0.15) is 0 Å². The normalized spacial score (nSPS) is 18.4. The number of nitrogens with one attached hydrogen (secondary N) is 1. The Hall–Kier alpha value is -1.65. The number of amides is 1. The lowest BCUT2D eigenvalue weighted by Crippen LogP contribution is -2.41. The topological polar surface area (TPSA) is 92.3 Å². The summed E-state index contributed by atoms with van der Waals surface area (Å²) in [6.07, 6.45) is 0.524. The van der Waals surface area contributed by atoms with Crippen LogP contribution in [0.15, 0.2) is 28.6 Å². The Labute approximate surface area is 167 Å². The zero-order valence-corrected chi connectivity index (χ0v) is 17.7. The molecular formula is C17H22N4O3S3. The Bertz CT molecular complexity index is 896. The number of hydrogen-bond donors (Lipinski definition) is 1. The number of thioether (sulfide) groups is 1. The van der Waals surface area contributed by atoms with Gasteiger partial charge < -0.3 is 10.2 Å². The second kappa shape index (κ2) is 8.57. The minimum atomic E-state index is -3.01. The monoisotopic (exact) mass is 426 g/mol. The van der Waals surface area contributed by atoms with Gasteiger partial charge in [0, 0.05) is 18.3 Å². The molecule has 0 bridgehead atoms. The van der Waals surface area contributed by atoms with Gasteiger partial charge in [0.1, 0.15) is 0 Å². The molecule has 146 valence electrons. The summed E-state index contributed by atoms with van der Waals surface area (Å²) in [6, 6.07) is 7.77. The van der Waals surface area contributed by atoms with Gasteiger partial charge in [0.25, 0.3) is 0 Å². The summed E-state index contributed by atoms with van der Waals surface area (Å²) >= 11 is 2.72. The molecule has 0 radical (unpaired) electrons. The minimum absolute atomic E-state index is 0.0622. The van der Waals surface area contributed by atoms with E-state index < -0.39 is 9.84 Å². The van der Waals surface area contributed by atoms with Crippen LogP contribution in [-0.2, 0) is 14.6 Å². The molecule has 7 nitrogen and oxygen atoms in total. The molecule has 1 aromatic heterocycles. The van der Waals surface area contributed by atoms with E-state index >= 15 is 0 Å². The molecule has 1 N–H and O–H groups in total. The molecule has 1 unspecified atom stereocenters. The van der Waals surface area contributed by atoms with Gasteiger partial charge in [-0.15, -0.1) is 10.2 Å². The molecule has 2 heterocycles. The van der Waals surface area contributed by atoms with E-state index in [1.54, 1.807) is 4.90 Å². The van der Waals surface area contributed by atoms with Gasteiger partial charge in [-0.1, -0.05) is 40.8 Å². The summed E-state index contributed by atoms with van der Waals surface area (Å²) in [5, 5.41) is 12.1. The van der Waals surface area contributed by atoms with Gasteiger partial charge in [0.05, 0.1) is 17.3 Å². The molecule has 1 saturated heterocycles. The highest BCUT2D eigenvalue weighted by molar-refractivity contribution is 8.01. The molecule has 0 spiro atoms. The van der Waals surface area contributed by atoms with E-state index in [4.69, 9.17) is 0 Å². The molecule has 1 aliphatic rings. The van der Waals surface area contributed by atoms with Crippen LogP contribution in [0.5, 0.6) is 0 Å². The Balaban J connectivity index is 1.54. The van der Waals surface area contributed by atoms with E-state index in [0.29, 0.717) is 22.4 Å². The molecular weight excluding hydrogens is 404 g/mol. The minimum Gasteiger partial charge on any atom is -0.338 e. The predicted octanol–water partition coefficient (Wildman–Crippen LogP) is 2.72. The molecule has 10 heteroatoms. The Morgan fingerprint density at radius 3 is 2.70 bits per heavy atom. The Kier molecular flexibility index (Phi) is 6.38. The van der Waals surface area contributed by atoms with Crippen molar-refractivity contribution in [1.29, 1.82) is 0 Å². The maximum Gasteiger partial charge on any atom is 0.233 e. The summed E-state index contributed by atoms with van der Waals surface area (Å²) in [6.45, 7) is 4.42. The third kappa shape index (κ3) is 5.43. The van der Waals surface area contributed by atoms with Crippen molar-refractivity contribution in [3.05, 3.63) is 29.8 Å². The SMILES string of the molecule is CCN(C(=O)CSc1nnc(Nc2ccc(C)cc2)s1)C1CCS(=O)(=O)C1. The summed E-state index contributed by atoms with van der Waals surface area (Å²) < 4.78 is 24.0. The first-order valence-corrected chi connectivity index (χ1v) is 12.3. The highest BCUT2D eigenvalue weighted by atomic mass is 32.2. The Morgan fingerprint density at radius 1 is 1.33 bits per heavy atom. The average molecular weight is 427 g/mol. The van der Waals surface area contributed by atoms with E-state index in [9.17, 15) is 13.2 Å². The summed E-state index contributed by atoms with van der Waals surface area (Å²) in [7, 11) is -3.01. The van der Waals surface area contributed by atoms with Crippen LogP contribution in [0, 0.1) is 6.92 Å². The van der Waals surface area contributed by atoms with Crippen LogP contribution in [0.3, 0.4) is 0 Å². The van der Waals surface area contributed by atoms with Crippen molar-refractivity contribution in [3.8, 4) is 0 Å². The van der Waals surface area contributed by atoms with Crippen LogP contribution >= 0.6 is 23.1 Å². The largest absolute Gasteiger partial charge is 0.338 e. The van der Waals surface area contributed by atoms with Gasteiger partial charge in [0.15, 0.2) is 14.2 Å². The maximum absolute atomic E-state index is 12.5. The molecule has 0 aliphatic carbocycles. The number of anilines is 2. The maximum atomic E-state index is 12.5. The third-order valence-electron chi connectivity index (χ3n) is 4.34. The lowest BCUT2D eigenvalue weighted by atomic mass is 10.2. The number of aromatic nitrogens is 2. The summed E-state index contributed by atoms with van der Waals surface area (Å²) in [4.78, 5) is 14.2. The molecule has 0 saturated carbocycles. The smallest absolute Gasteiger partial charge is 0.233 e. The third-order valence-corrected chi connectivity index (χ3v) is 8.05. The highest BCUT2D eigenvalue weighted by Crippen LogP contribution is 2.28. The molecule has 1 amide bonds. The van der Waals surface area contributed by atoms with Crippen LogP contribution in [0.4, 0.5) is 10.8 Å². The predicted molar refractivity (Wildman–Crippen MR) is 110 cm³/mol. The van der Waals surface area contributed by atoms with Gasteiger partial charge in [-0.3, -0.25) is 4.79 Å². The van der Waals surface area contributed by atoms with Crippen LogP contribution in [0.25, 0.3) is 0 Å². The van der Waals surface area contributed by atoms with Crippen molar-refractivity contribution in [3.63, 3.8) is 0 Å². The number of rotatable bonds is 7. The first-order valence-electron chi connectivity index (χ1n) is 8.66. The van der Waals surface area contributed by atoms with Crippen molar-refractivity contribution >= 4 is 49.7 Å². The van der Waals surface area contributed by atoms with Crippen LogP contribution in [-0.4, -0.2) is 59.3 Å². The summed E-state index contributed by atoms with van der Waals surface area (Å²) in [5.74, 6) is 0.399. The molecule has 1 atom stereocenters. The van der Waals surface area contributed by atoms with Gasteiger partial charge in [-0.25, -0.2) is 8.42 Å². The lowest BCUT2D eigenvalue weighted by molar-refractivity contribution is -0.129. The Morgan fingerprint density at radius 2 is 2.07 bits per heavy atom. The van der Waals surface area contributed by atoms with Crippen LogP contribution < -0.4 is 5.32 Å². The molecule has 27 heavy (non-hydrogen) atoms. The lowest BCUT2D eigenvalue weighted by Gasteiger charge is -2.26. The standard InChI is InChI=1S/C17H22N4O3S3/c1-3-21(14-8-9-27(23,24)11-14)15(22)10-25-17-20-19-16(26-17)18-13-6-4-12(2)5-7-13/h4-7,14H,3,8-11H2,1-2H3,(H,18,19). The molecule has 1 aromatic carbocycles. The van der Waals surface area contributed by atoms with E-state index in [0.717, 1.165) is 5.69 Å². The fourth-order valence-corrected chi connectivity index (χ4v) is 6.33. The number of sulfone groups is 1. The van der Waals surface area contributed by atoms with E-state index in [1.807, 2.05) is 38.1 Å². The van der Waals surface area contributed by atoms with E-state index in [-0.39, 0.29) is 29.2 Å². The fraction of sp³-hybridized carbons (Fsp3) is 0.471. The zero-order valence-electron chi connectivity index (χ0n) is 15.2. The summed E-state index contributed by atoms with van der Waals surface area (Å²) in [5.41, 5.74) is 2.12. The first-order chi connectivity index (χ1) is 12.9. The zero-order chi connectivity index (χ0) is 19.4. The number of benzene rings is 1. The van der Waals surface area contributed by atoms with Gasteiger partial charge in [-0.05, 0) is 32.4 Å². The molecule has 3 rings (SSSR count). The number of carbonyl (C=O) groups excluding carboxylic acids is 1. The quantitative estimate of drug-likeness (QED) is 0.681. The average Bonchev–Trinajstić information content (AvgIpc) is 3.22. The van der Waals surface area contributed by atoms with Crippen molar-refractivity contribution in [1.82, 2.24) is 15.1 Å². The first kappa shape index (κ1) is 20.1. The van der Waals surface area contributed by atoms with E-state index in [1.165, 1.54) is 28.7 Å². The fourth-order valence-electron chi connectivity index (χ4n) is 2.94. The van der Waals surface area contributed by atoms with Crippen molar-refractivity contribution in [2.75, 3.05) is 29.1 Å². The van der Waals surface area contributed by atoms with Crippen molar-refractivity contribution < 1.29 is 13.2 Å². The highest BCUT2D eigenvalue weighted by Gasteiger charge is 2.33. The molecule has 1 aliphatic heterocycles. The number of nitrogens with zero attached hydrogens (tertiary/aromatic N) is 3. The molecule has 2 aromatic rings. The van der Waals surface area contributed by atoms with Crippen molar-refractivity contribution in [2.24, 2.45) is 0 Å². The van der Waals surface area contributed by atoms with Crippen molar-refractivity contribution in [2.45, 2.75) is 30.6 Å². The van der Waals surface area contributed by atoms with E-state index in [2.05, 4.69) is 15.5 Å². The number of aryl methyl sites for hydroxylation is 1.